The third-order valence-corrected chi connectivity index (χ3v) is 6.22. The average molecular weight is 428 g/mol. The highest BCUT2D eigenvalue weighted by Crippen LogP contribution is 2.44. The Morgan fingerprint density at radius 3 is 2.21 bits per heavy atom. The molecule has 1 heterocycles. The van der Waals surface area contributed by atoms with Crippen molar-refractivity contribution in [2.45, 2.75) is 18.4 Å². The van der Waals surface area contributed by atoms with E-state index < -0.39 is 18.1 Å². The van der Waals surface area contributed by atoms with Crippen molar-refractivity contribution in [3.05, 3.63) is 81.0 Å². The summed E-state index contributed by atoms with van der Waals surface area (Å²) in [6.07, 6.45) is -0.599. The highest BCUT2D eigenvalue weighted by molar-refractivity contribution is 7.16. The summed E-state index contributed by atoms with van der Waals surface area (Å²) in [4.78, 5) is 24.6. The van der Waals surface area contributed by atoms with Gasteiger partial charge in [0.05, 0.1) is 4.34 Å². The molecule has 7 heteroatoms. The Kier molecular flexibility index (Phi) is 5.56. The summed E-state index contributed by atoms with van der Waals surface area (Å²) in [6, 6.07) is 18.4. The molecule has 0 spiro atoms. The summed E-state index contributed by atoms with van der Waals surface area (Å²) in [7, 11) is 0. The molecule has 1 aliphatic rings. The molecule has 0 bridgehead atoms. The van der Waals surface area contributed by atoms with Crippen molar-refractivity contribution in [2.24, 2.45) is 0 Å². The maximum Gasteiger partial charge on any atom is 0.407 e. The fourth-order valence-electron chi connectivity index (χ4n) is 3.65. The zero-order valence-corrected chi connectivity index (χ0v) is 16.9. The molecular weight excluding hydrogens is 410 g/mol. The van der Waals surface area contributed by atoms with Gasteiger partial charge >= 0.3 is 12.1 Å². The number of carboxylic acids is 1. The van der Waals surface area contributed by atoms with Crippen molar-refractivity contribution >= 4 is 35.0 Å². The van der Waals surface area contributed by atoms with Gasteiger partial charge in [-0.3, -0.25) is 0 Å². The number of thiophene rings is 1. The zero-order valence-electron chi connectivity index (χ0n) is 15.3. The van der Waals surface area contributed by atoms with E-state index in [1.54, 1.807) is 12.1 Å². The third-order valence-electron chi connectivity index (χ3n) is 4.97. The van der Waals surface area contributed by atoms with Gasteiger partial charge in [0.2, 0.25) is 0 Å². The molecule has 0 aliphatic heterocycles. The Balaban J connectivity index is 1.43. The minimum Gasteiger partial charge on any atom is -0.480 e. The number of nitrogens with one attached hydrogen (secondary N) is 1. The standard InChI is InChI=1S/C22H18ClNO4S/c23-20-10-9-13(29-20)11-19(21(25)26)24-22(27)28-12-18-16-7-3-1-5-14(16)15-6-2-4-8-17(15)18/h1-10,18-19H,11-12H2,(H,24,27)(H,25,26). The van der Waals surface area contributed by atoms with Gasteiger partial charge in [0.25, 0.3) is 0 Å². The molecule has 3 aromatic rings. The van der Waals surface area contributed by atoms with Crippen LogP contribution in [0.3, 0.4) is 0 Å². The molecule has 5 nitrogen and oxygen atoms in total. The number of halogens is 1. The number of carbonyl (C=O) groups excluding carboxylic acids is 1. The van der Waals surface area contributed by atoms with Gasteiger partial charge in [0.1, 0.15) is 12.6 Å². The van der Waals surface area contributed by atoms with Crippen molar-refractivity contribution in [3.8, 4) is 11.1 Å². The van der Waals surface area contributed by atoms with Crippen LogP contribution in [0.1, 0.15) is 21.9 Å². The Hall–Kier alpha value is -2.83. The van der Waals surface area contributed by atoms with Crippen LogP contribution in [0.5, 0.6) is 0 Å². The van der Waals surface area contributed by atoms with E-state index in [1.807, 2.05) is 36.4 Å². The number of hydrogen-bond donors (Lipinski definition) is 2. The van der Waals surface area contributed by atoms with Crippen LogP contribution in [-0.2, 0) is 16.0 Å². The smallest absolute Gasteiger partial charge is 0.407 e. The fourth-order valence-corrected chi connectivity index (χ4v) is 4.78. The predicted octanol–water partition coefficient (Wildman–Crippen LogP) is 4.94. The molecule has 0 radical (unpaired) electrons. The van der Waals surface area contributed by atoms with Gasteiger partial charge in [-0.2, -0.15) is 0 Å². The molecule has 4 rings (SSSR count). The summed E-state index contributed by atoms with van der Waals surface area (Å²) in [6.45, 7) is 0.136. The summed E-state index contributed by atoms with van der Waals surface area (Å²) in [5, 5.41) is 11.9. The molecule has 2 aromatic carbocycles. The largest absolute Gasteiger partial charge is 0.480 e. The monoisotopic (exact) mass is 427 g/mol. The van der Waals surface area contributed by atoms with Gasteiger partial charge in [-0.15, -0.1) is 11.3 Å². The number of carboxylic acid groups (broad SMARTS) is 1. The van der Waals surface area contributed by atoms with Gasteiger partial charge in [-0.1, -0.05) is 60.1 Å². The van der Waals surface area contributed by atoms with Gasteiger partial charge in [-0.25, -0.2) is 9.59 Å². The number of amides is 1. The Morgan fingerprint density at radius 2 is 1.66 bits per heavy atom. The molecule has 1 aliphatic carbocycles. The minimum absolute atomic E-state index is 0.0764. The minimum atomic E-state index is -1.12. The van der Waals surface area contributed by atoms with E-state index >= 15 is 0 Å². The van der Waals surface area contributed by atoms with Gasteiger partial charge < -0.3 is 15.2 Å². The normalized spacial score (nSPS) is 13.4. The molecule has 29 heavy (non-hydrogen) atoms. The Morgan fingerprint density at radius 1 is 1.03 bits per heavy atom. The second-order valence-corrected chi connectivity index (χ2v) is 8.57. The lowest BCUT2D eigenvalue weighted by Crippen LogP contribution is -2.42. The van der Waals surface area contributed by atoms with Crippen LogP contribution in [-0.4, -0.2) is 29.8 Å². The van der Waals surface area contributed by atoms with Crippen LogP contribution in [0.25, 0.3) is 11.1 Å². The first-order chi connectivity index (χ1) is 14.0. The number of rotatable bonds is 6. The van der Waals surface area contributed by atoms with E-state index in [2.05, 4.69) is 17.4 Å². The summed E-state index contributed by atoms with van der Waals surface area (Å²) >= 11 is 7.18. The van der Waals surface area contributed by atoms with Crippen LogP contribution in [0.2, 0.25) is 4.34 Å². The lowest BCUT2D eigenvalue weighted by Gasteiger charge is -2.17. The molecule has 1 atom stereocenters. The van der Waals surface area contributed by atoms with E-state index in [0.717, 1.165) is 27.1 Å². The first-order valence-corrected chi connectivity index (χ1v) is 10.3. The molecule has 1 aromatic heterocycles. The van der Waals surface area contributed by atoms with Crippen molar-refractivity contribution < 1.29 is 19.4 Å². The van der Waals surface area contributed by atoms with Gasteiger partial charge in [0, 0.05) is 17.2 Å². The molecule has 2 N–H and O–H groups in total. The Bertz CT molecular complexity index is 1020. The Labute approximate surface area is 176 Å². The zero-order chi connectivity index (χ0) is 20.4. The van der Waals surface area contributed by atoms with Crippen molar-refractivity contribution in [2.75, 3.05) is 6.61 Å². The molecule has 148 valence electrons. The first kappa shape index (κ1) is 19.5. The summed E-state index contributed by atoms with van der Waals surface area (Å²) < 4.78 is 6.00. The second kappa shape index (κ2) is 8.27. The van der Waals surface area contributed by atoms with E-state index in [-0.39, 0.29) is 18.9 Å². The van der Waals surface area contributed by atoms with E-state index in [0.29, 0.717) is 4.34 Å². The third kappa shape index (κ3) is 4.13. The SMILES string of the molecule is O=C(NC(Cc1ccc(Cl)s1)C(=O)O)OCC1c2ccccc2-c2ccccc21. The number of ether oxygens (including phenoxy) is 1. The quantitative estimate of drug-likeness (QED) is 0.584. The average Bonchev–Trinajstić information content (AvgIpc) is 3.27. The van der Waals surface area contributed by atoms with Gasteiger partial charge in [0.15, 0.2) is 0 Å². The number of benzene rings is 2. The summed E-state index contributed by atoms with van der Waals surface area (Å²) in [5.41, 5.74) is 4.47. The van der Waals surface area contributed by atoms with Crippen molar-refractivity contribution in [3.63, 3.8) is 0 Å². The highest BCUT2D eigenvalue weighted by atomic mass is 35.5. The molecule has 0 fully saturated rings. The topological polar surface area (TPSA) is 75.6 Å². The van der Waals surface area contributed by atoms with Crippen LogP contribution >= 0.6 is 22.9 Å². The molecule has 1 amide bonds. The lowest BCUT2D eigenvalue weighted by atomic mass is 9.98. The van der Waals surface area contributed by atoms with Gasteiger partial charge in [-0.05, 0) is 34.4 Å². The van der Waals surface area contributed by atoms with Crippen LogP contribution < -0.4 is 5.32 Å². The highest BCUT2D eigenvalue weighted by Gasteiger charge is 2.29. The van der Waals surface area contributed by atoms with Crippen LogP contribution in [0.15, 0.2) is 60.7 Å². The lowest BCUT2D eigenvalue weighted by molar-refractivity contribution is -0.139. The van der Waals surface area contributed by atoms with E-state index in [9.17, 15) is 14.7 Å². The van der Waals surface area contributed by atoms with Crippen molar-refractivity contribution in [1.29, 1.82) is 0 Å². The van der Waals surface area contributed by atoms with E-state index in [4.69, 9.17) is 16.3 Å². The second-order valence-electron chi connectivity index (χ2n) is 6.77. The number of aliphatic carboxylic acids is 1. The number of alkyl carbamates (subject to hydrolysis) is 1. The molecule has 0 saturated carbocycles. The fraction of sp³-hybridized carbons (Fsp3) is 0.182. The molecule has 1 unspecified atom stereocenters. The predicted molar refractivity (Wildman–Crippen MR) is 113 cm³/mol. The number of carbonyl (C=O) groups is 2. The van der Waals surface area contributed by atoms with Crippen LogP contribution in [0, 0.1) is 0 Å². The van der Waals surface area contributed by atoms with Crippen molar-refractivity contribution in [1.82, 2.24) is 5.32 Å². The molecular formula is C22H18ClNO4S. The number of fused-ring (bicyclic) bond motifs is 3. The van der Waals surface area contributed by atoms with E-state index in [1.165, 1.54) is 11.3 Å². The first-order valence-electron chi connectivity index (χ1n) is 9.11. The molecule has 0 saturated heterocycles. The maximum absolute atomic E-state index is 12.3. The summed E-state index contributed by atoms with van der Waals surface area (Å²) in [5.74, 6) is -1.20. The maximum atomic E-state index is 12.3. The number of hydrogen-bond acceptors (Lipinski definition) is 4. The van der Waals surface area contributed by atoms with Crippen LogP contribution in [0.4, 0.5) is 4.79 Å².